The SMILES string of the molecule is CC1(C)C(=O)N(c2cnc(C#N)c(C(F)(F)F)c2)C(=S)N1c1ccc(OCCN2CCN(CC(=O)Cc3cc(CC4CCC(=O)NC4=O)ccc3F)CC2)cc1. The number of piperazine rings is 1. The molecule has 1 atom stereocenters. The van der Waals surface area contributed by atoms with Gasteiger partial charge >= 0.3 is 6.18 Å². The highest BCUT2D eigenvalue weighted by atomic mass is 32.1. The second-order valence-electron chi connectivity index (χ2n) is 14.5. The van der Waals surface area contributed by atoms with Crippen LogP contribution >= 0.6 is 12.2 Å². The van der Waals surface area contributed by atoms with Gasteiger partial charge in [0.1, 0.15) is 29.8 Å². The van der Waals surface area contributed by atoms with Crippen molar-refractivity contribution in [3.05, 3.63) is 82.9 Å². The summed E-state index contributed by atoms with van der Waals surface area (Å²) in [6.45, 7) is 7.11. The number of ketones is 1. The number of piperidine rings is 1. The quantitative estimate of drug-likeness (QED) is 0.158. The number of hydrogen-bond donors (Lipinski definition) is 1. The Morgan fingerprint density at radius 1 is 1.04 bits per heavy atom. The number of hydrogen-bond acceptors (Lipinski definition) is 10. The molecule has 0 spiro atoms. The van der Waals surface area contributed by atoms with E-state index in [1.54, 1.807) is 55.1 Å². The topological polar surface area (TPSA) is 139 Å². The molecule has 1 unspecified atom stereocenters. The minimum atomic E-state index is -4.86. The van der Waals surface area contributed by atoms with Gasteiger partial charge in [0.2, 0.25) is 11.8 Å². The van der Waals surface area contributed by atoms with E-state index in [0.717, 1.165) is 16.7 Å². The molecule has 3 saturated heterocycles. The van der Waals surface area contributed by atoms with E-state index in [-0.39, 0.29) is 59.3 Å². The molecule has 3 aromatic rings. The van der Waals surface area contributed by atoms with Gasteiger partial charge in [-0.2, -0.15) is 18.4 Å². The molecule has 6 rings (SSSR count). The van der Waals surface area contributed by atoms with E-state index in [9.17, 15) is 36.7 Å². The van der Waals surface area contributed by atoms with Gasteiger partial charge in [-0.1, -0.05) is 12.1 Å². The third-order valence-corrected chi connectivity index (χ3v) is 10.5. The average molecular weight is 794 g/mol. The fraction of sp³-hybridized carbons (Fsp3) is 0.410. The summed E-state index contributed by atoms with van der Waals surface area (Å²) in [6, 6.07) is 13.5. The van der Waals surface area contributed by atoms with E-state index in [1.807, 2.05) is 4.90 Å². The molecular weight excluding hydrogens is 755 g/mol. The van der Waals surface area contributed by atoms with E-state index in [1.165, 1.54) is 12.1 Å². The highest BCUT2D eigenvalue weighted by Gasteiger charge is 2.51. The van der Waals surface area contributed by atoms with Gasteiger partial charge in [0.15, 0.2) is 16.6 Å². The highest BCUT2D eigenvalue weighted by molar-refractivity contribution is 7.81. The van der Waals surface area contributed by atoms with Gasteiger partial charge < -0.3 is 9.64 Å². The Morgan fingerprint density at radius 3 is 2.39 bits per heavy atom. The van der Waals surface area contributed by atoms with Crippen LogP contribution in [-0.4, -0.2) is 94.8 Å². The molecule has 1 aromatic heterocycles. The third-order valence-electron chi connectivity index (χ3n) is 10.2. The van der Waals surface area contributed by atoms with Crippen molar-refractivity contribution >= 4 is 52.2 Å². The molecule has 17 heteroatoms. The molecule has 0 bridgehead atoms. The maximum Gasteiger partial charge on any atom is 0.419 e. The molecule has 3 aliphatic rings. The summed E-state index contributed by atoms with van der Waals surface area (Å²) in [5.41, 5.74) is -1.97. The lowest BCUT2D eigenvalue weighted by molar-refractivity contribution is -0.138. The van der Waals surface area contributed by atoms with Crippen molar-refractivity contribution in [3.63, 3.8) is 0 Å². The first-order chi connectivity index (χ1) is 26.5. The number of alkyl halides is 3. The molecule has 3 amide bonds. The predicted molar refractivity (Wildman–Crippen MR) is 200 cm³/mol. The van der Waals surface area contributed by atoms with Gasteiger partial charge in [0.05, 0.1) is 24.0 Å². The van der Waals surface area contributed by atoms with Crippen molar-refractivity contribution in [1.82, 2.24) is 20.1 Å². The lowest BCUT2D eigenvalue weighted by atomic mass is 9.90. The molecule has 2 aromatic carbocycles. The lowest BCUT2D eigenvalue weighted by Crippen LogP contribution is -2.48. The van der Waals surface area contributed by atoms with Crippen LogP contribution in [0.1, 0.15) is 49.1 Å². The van der Waals surface area contributed by atoms with Crippen LogP contribution in [0.5, 0.6) is 5.75 Å². The van der Waals surface area contributed by atoms with Crippen molar-refractivity contribution in [2.24, 2.45) is 5.92 Å². The van der Waals surface area contributed by atoms with Gasteiger partial charge in [0.25, 0.3) is 5.91 Å². The Balaban J connectivity index is 0.963. The number of nitriles is 1. The van der Waals surface area contributed by atoms with E-state index >= 15 is 0 Å². The summed E-state index contributed by atoms with van der Waals surface area (Å²) in [4.78, 5) is 60.4. The molecular formula is C39H39F4N7O5S. The molecule has 12 nitrogen and oxygen atoms in total. The maximum atomic E-state index is 14.6. The predicted octanol–water partition coefficient (Wildman–Crippen LogP) is 4.43. The van der Waals surface area contributed by atoms with Gasteiger partial charge in [0, 0.05) is 57.2 Å². The molecule has 3 fully saturated rings. The second kappa shape index (κ2) is 16.4. The van der Waals surface area contributed by atoms with Crippen LogP contribution in [0.3, 0.4) is 0 Å². The number of amides is 3. The highest BCUT2D eigenvalue weighted by Crippen LogP contribution is 2.39. The number of carbonyl (C=O) groups excluding carboxylic acids is 4. The number of halogens is 4. The van der Waals surface area contributed by atoms with Crippen molar-refractivity contribution < 1.29 is 41.5 Å². The lowest BCUT2D eigenvalue weighted by Gasteiger charge is -2.34. The first kappa shape index (κ1) is 40.4. The Bertz CT molecular complexity index is 2080. The number of rotatable bonds is 12. The van der Waals surface area contributed by atoms with Crippen molar-refractivity contribution in [2.75, 3.05) is 55.7 Å². The molecule has 0 aliphatic carbocycles. The number of pyridine rings is 1. The van der Waals surface area contributed by atoms with Crippen LogP contribution in [0.25, 0.3) is 0 Å². The normalized spacial score (nSPS) is 19.3. The standard InChI is InChI=1S/C39H39F4N7O5S/c1-38(2)36(54)49(28-20-31(39(41,42)43)33(21-44)45-22-28)37(56)50(38)27-5-7-30(8-6-27)55-16-15-47-11-13-48(14-12-47)23-29(51)19-26-18-24(3-9-32(26)40)17-25-4-10-34(52)46-35(25)53/h3,5-9,18,20,22,25H,4,10-17,19,23H2,1-2H3,(H,46,52,53). The summed E-state index contributed by atoms with van der Waals surface area (Å²) >= 11 is 5.59. The summed E-state index contributed by atoms with van der Waals surface area (Å²) in [7, 11) is 0. The number of nitrogens with zero attached hydrogens (tertiary/aromatic N) is 6. The molecule has 1 N–H and O–H groups in total. The number of thiocarbonyl (C=S) groups is 1. The number of imide groups is 1. The number of anilines is 2. The van der Waals surface area contributed by atoms with E-state index in [0.29, 0.717) is 69.7 Å². The van der Waals surface area contributed by atoms with Crippen molar-refractivity contribution in [2.45, 2.75) is 51.2 Å². The van der Waals surface area contributed by atoms with Gasteiger partial charge in [-0.15, -0.1) is 0 Å². The maximum absolute atomic E-state index is 14.6. The zero-order valence-electron chi connectivity index (χ0n) is 30.7. The van der Waals surface area contributed by atoms with Crippen LogP contribution in [0.15, 0.2) is 54.7 Å². The Hall–Kier alpha value is -5.31. The number of aromatic nitrogens is 1. The fourth-order valence-electron chi connectivity index (χ4n) is 7.12. The first-order valence-electron chi connectivity index (χ1n) is 18.0. The van der Waals surface area contributed by atoms with Gasteiger partial charge in [-0.25, -0.2) is 9.37 Å². The minimum Gasteiger partial charge on any atom is -0.492 e. The Morgan fingerprint density at radius 2 is 1.73 bits per heavy atom. The summed E-state index contributed by atoms with van der Waals surface area (Å²) in [6.07, 6.45) is -2.83. The Labute approximate surface area is 326 Å². The Kier molecular flexibility index (Phi) is 11.8. The monoisotopic (exact) mass is 793 g/mol. The smallest absolute Gasteiger partial charge is 0.419 e. The van der Waals surface area contributed by atoms with Crippen LogP contribution in [0, 0.1) is 23.1 Å². The zero-order chi connectivity index (χ0) is 40.4. The summed E-state index contributed by atoms with van der Waals surface area (Å²) < 4.78 is 61.5. The molecule has 294 valence electrons. The summed E-state index contributed by atoms with van der Waals surface area (Å²) in [5.74, 6) is -1.58. The second-order valence-corrected chi connectivity index (χ2v) is 14.8. The third kappa shape index (κ3) is 8.88. The number of carbonyl (C=O) groups is 4. The molecule has 3 aliphatic heterocycles. The molecule has 0 saturated carbocycles. The molecule has 56 heavy (non-hydrogen) atoms. The van der Waals surface area contributed by atoms with Crippen molar-refractivity contribution in [1.29, 1.82) is 5.26 Å². The van der Waals surface area contributed by atoms with Crippen LogP contribution in [0.2, 0.25) is 0 Å². The number of Topliss-reactive ketones (excluding diaryl/α,β-unsaturated/α-hetero) is 1. The number of benzene rings is 2. The average Bonchev–Trinajstić information content (AvgIpc) is 3.33. The summed E-state index contributed by atoms with van der Waals surface area (Å²) in [5, 5.41) is 11.4. The van der Waals surface area contributed by atoms with Crippen LogP contribution in [-0.2, 0) is 38.2 Å². The number of nitrogens with one attached hydrogen (secondary N) is 1. The number of ether oxygens (including phenoxy) is 1. The molecule has 0 radical (unpaired) electrons. The van der Waals surface area contributed by atoms with E-state index in [4.69, 9.17) is 22.2 Å². The zero-order valence-corrected chi connectivity index (χ0v) is 31.5. The largest absolute Gasteiger partial charge is 0.492 e. The minimum absolute atomic E-state index is 0.0439. The van der Waals surface area contributed by atoms with E-state index < -0.39 is 34.7 Å². The molecule has 4 heterocycles. The van der Waals surface area contributed by atoms with Crippen LogP contribution < -0.4 is 19.9 Å². The van der Waals surface area contributed by atoms with Crippen LogP contribution in [0.4, 0.5) is 28.9 Å². The van der Waals surface area contributed by atoms with Gasteiger partial charge in [-0.05, 0) is 86.4 Å². The van der Waals surface area contributed by atoms with E-state index in [2.05, 4.69) is 15.2 Å². The van der Waals surface area contributed by atoms with Gasteiger partial charge in [-0.3, -0.25) is 39.2 Å². The fourth-order valence-corrected chi connectivity index (χ4v) is 7.64. The van der Waals surface area contributed by atoms with Crippen molar-refractivity contribution in [3.8, 4) is 11.8 Å². The first-order valence-corrected chi connectivity index (χ1v) is 18.4.